The Morgan fingerprint density at radius 1 is 1.35 bits per heavy atom. The highest BCUT2D eigenvalue weighted by Gasteiger charge is 2.31. The van der Waals surface area contributed by atoms with Crippen molar-refractivity contribution in [2.75, 3.05) is 46.1 Å². The molecule has 6 nitrogen and oxygen atoms in total. The van der Waals surface area contributed by atoms with Gasteiger partial charge in [-0.2, -0.15) is 0 Å². The van der Waals surface area contributed by atoms with Crippen LogP contribution in [0.2, 0.25) is 0 Å². The van der Waals surface area contributed by atoms with E-state index in [0.29, 0.717) is 24.1 Å². The van der Waals surface area contributed by atoms with Gasteiger partial charge in [0.05, 0.1) is 25.4 Å². The van der Waals surface area contributed by atoms with Crippen LogP contribution in [-0.4, -0.2) is 67.9 Å². The van der Waals surface area contributed by atoms with Crippen LogP contribution in [0.4, 0.5) is 0 Å². The first-order valence-corrected chi connectivity index (χ1v) is 8.34. The highest BCUT2D eigenvalue weighted by atomic mass is 16.5. The van der Waals surface area contributed by atoms with E-state index in [1.165, 1.54) is 0 Å². The summed E-state index contributed by atoms with van der Waals surface area (Å²) in [6.45, 7) is 7.52. The highest BCUT2D eigenvalue weighted by Crippen LogP contribution is 2.22. The Bertz CT molecular complexity index is 508. The fourth-order valence-corrected chi connectivity index (χ4v) is 3.26. The molecule has 1 N–H and O–H groups in total. The summed E-state index contributed by atoms with van der Waals surface area (Å²) in [5.74, 6) is 0.416. The summed E-state index contributed by atoms with van der Waals surface area (Å²) in [5, 5.41) is 3.08. The average Bonchev–Trinajstić information content (AvgIpc) is 3.11. The number of hydrogen-bond acceptors (Lipinski definition) is 5. The number of hydrogen-bond donors (Lipinski definition) is 1. The second-order valence-corrected chi connectivity index (χ2v) is 6.24. The number of pyridine rings is 1. The summed E-state index contributed by atoms with van der Waals surface area (Å²) >= 11 is 0. The Kier molecular flexibility index (Phi) is 5.59. The molecule has 0 bridgehead atoms. The van der Waals surface area contributed by atoms with Gasteiger partial charge in [-0.05, 0) is 25.5 Å². The number of carbonyl (C=O) groups excluding carboxylic acids is 1. The summed E-state index contributed by atoms with van der Waals surface area (Å²) in [4.78, 5) is 18.9. The Morgan fingerprint density at radius 2 is 2.17 bits per heavy atom. The normalized spacial score (nSPS) is 23.6. The molecule has 2 atom stereocenters. The van der Waals surface area contributed by atoms with Gasteiger partial charge in [0.15, 0.2) is 0 Å². The van der Waals surface area contributed by atoms with E-state index < -0.39 is 0 Å². The van der Waals surface area contributed by atoms with Crippen molar-refractivity contribution in [3.8, 4) is 0 Å². The van der Waals surface area contributed by atoms with E-state index in [-0.39, 0.29) is 5.91 Å². The van der Waals surface area contributed by atoms with E-state index in [1.807, 2.05) is 19.1 Å². The minimum Gasteiger partial charge on any atom is -0.381 e. The number of morpholine rings is 1. The van der Waals surface area contributed by atoms with Gasteiger partial charge in [0, 0.05) is 50.1 Å². The molecule has 1 aromatic rings. The van der Waals surface area contributed by atoms with E-state index in [1.54, 1.807) is 6.20 Å². The summed E-state index contributed by atoms with van der Waals surface area (Å²) < 4.78 is 11.0. The lowest BCUT2D eigenvalue weighted by molar-refractivity contribution is 0.00166. The smallest absolute Gasteiger partial charge is 0.252 e. The lowest BCUT2D eigenvalue weighted by Crippen LogP contribution is -2.52. The molecule has 6 heteroatoms. The van der Waals surface area contributed by atoms with Crippen molar-refractivity contribution in [1.82, 2.24) is 15.2 Å². The Labute approximate surface area is 137 Å². The number of aryl methyl sites for hydroxylation is 1. The predicted octanol–water partition coefficient (Wildman–Crippen LogP) is 0.857. The summed E-state index contributed by atoms with van der Waals surface area (Å²) in [5.41, 5.74) is 1.52. The van der Waals surface area contributed by atoms with Crippen LogP contribution in [0.15, 0.2) is 18.3 Å². The standard InChI is InChI=1S/C17H25N3O3/c1-13-2-3-14(10-18-13)17(21)19-11-16(15-4-7-23-12-15)20-5-8-22-9-6-20/h2-3,10,15-16H,4-9,11-12H2,1H3,(H,19,21)/t15-,16-/m1/s1. The van der Waals surface area contributed by atoms with Crippen molar-refractivity contribution in [3.63, 3.8) is 0 Å². The van der Waals surface area contributed by atoms with Crippen LogP contribution in [0, 0.1) is 12.8 Å². The van der Waals surface area contributed by atoms with Crippen LogP contribution in [0.5, 0.6) is 0 Å². The molecule has 0 aromatic carbocycles. The van der Waals surface area contributed by atoms with E-state index >= 15 is 0 Å². The zero-order valence-corrected chi connectivity index (χ0v) is 13.7. The Balaban J connectivity index is 1.61. The molecule has 2 saturated heterocycles. The van der Waals surface area contributed by atoms with Crippen molar-refractivity contribution in [3.05, 3.63) is 29.6 Å². The van der Waals surface area contributed by atoms with Gasteiger partial charge in [0.1, 0.15) is 0 Å². The van der Waals surface area contributed by atoms with Gasteiger partial charge in [-0.15, -0.1) is 0 Å². The maximum atomic E-state index is 12.3. The van der Waals surface area contributed by atoms with Crippen LogP contribution < -0.4 is 5.32 Å². The lowest BCUT2D eigenvalue weighted by Gasteiger charge is -2.37. The number of nitrogens with zero attached hydrogens (tertiary/aromatic N) is 2. The van der Waals surface area contributed by atoms with Crippen LogP contribution in [0.1, 0.15) is 22.5 Å². The maximum absolute atomic E-state index is 12.3. The van der Waals surface area contributed by atoms with Crippen LogP contribution >= 0.6 is 0 Å². The quantitative estimate of drug-likeness (QED) is 0.872. The van der Waals surface area contributed by atoms with E-state index in [2.05, 4.69) is 15.2 Å². The molecule has 1 amide bonds. The van der Waals surface area contributed by atoms with Gasteiger partial charge in [-0.1, -0.05) is 0 Å². The number of ether oxygens (including phenoxy) is 2. The molecule has 0 saturated carbocycles. The van der Waals surface area contributed by atoms with Gasteiger partial charge in [-0.3, -0.25) is 14.7 Å². The van der Waals surface area contributed by atoms with Crippen molar-refractivity contribution in [2.45, 2.75) is 19.4 Å². The number of aromatic nitrogens is 1. The number of nitrogens with one attached hydrogen (secondary N) is 1. The Hall–Kier alpha value is -1.50. The maximum Gasteiger partial charge on any atom is 0.252 e. The average molecular weight is 319 g/mol. The third-order valence-electron chi connectivity index (χ3n) is 4.67. The van der Waals surface area contributed by atoms with Gasteiger partial charge in [-0.25, -0.2) is 0 Å². The van der Waals surface area contributed by atoms with E-state index in [0.717, 1.165) is 51.6 Å². The molecule has 1 aromatic heterocycles. The number of amides is 1. The largest absolute Gasteiger partial charge is 0.381 e. The summed E-state index contributed by atoms with van der Waals surface area (Å²) in [6, 6.07) is 3.99. The molecule has 0 spiro atoms. The van der Waals surface area contributed by atoms with E-state index in [9.17, 15) is 4.79 Å². The zero-order valence-electron chi connectivity index (χ0n) is 13.7. The molecule has 2 aliphatic rings. The van der Waals surface area contributed by atoms with Crippen molar-refractivity contribution in [2.24, 2.45) is 5.92 Å². The fourth-order valence-electron chi connectivity index (χ4n) is 3.26. The monoisotopic (exact) mass is 319 g/mol. The molecule has 23 heavy (non-hydrogen) atoms. The topological polar surface area (TPSA) is 63.7 Å². The minimum atomic E-state index is -0.0605. The third-order valence-corrected chi connectivity index (χ3v) is 4.67. The van der Waals surface area contributed by atoms with Gasteiger partial charge >= 0.3 is 0 Å². The van der Waals surface area contributed by atoms with E-state index in [4.69, 9.17) is 9.47 Å². The molecule has 0 radical (unpaired) electrons. The molecule has 0 unspecified atom stereocenters. The molecular formula is C17H25N3O3. The lowest BCUT2D eigenvalue weighted by atomic mass is 9.96. The Morgan fingerprint density at radius 3 is 2.83 bits per heavy atom. The second-order valence-electron chi connectivity index (χ2n) is 6.24. The fraction of sp³-hybridized carbons (Fsp3) is 0.647. The summed E-state index contributed by atoms with van der Waals surface area (Å²) in [6.07, 6.45) is 2.69. The minimum absolute atomic E-state index is 0.0605. The first kappa shape index (κ1) is 16.4. The van der Waals surface area contributed by atoms with Gasteiger partial charge in [0.2, 0.25) is 0 Å². The molecule has 3 rings (SSSR count). The molecular weight excluding hydrogens is 294 g/mol. The van der Waals surface area contributed by atoms with Gasteiger partial charge < -0.3 is 14.8 Å². The number of carbonyl (C=O) groups is 1. The van der Waals surface area contributed by atoms with Crippen LogP contribution in [0.3, 0.4) is 0 Å². The molecule has 3 heterocycles. The molecule has 2 aliphatic heterocycles. The second kappa shape index (κ2) is 7.86. The first-order valence-electron chi connectivity index (χ1n) is 8.34. The van der Waals surface area contributed by atoms with Crippen LogP contribution in [0.25, 0.3) is 0 Å². The zero-order chi connectivity index (χ0) is 16.1. The summed E-state index contributed by atoms with van der Waals surface area (Å²) in [7, 11) is 0. The van der Waals surface area contributed by atoms with Crippen molar-refractivity contribution < 1.29 is 14.3 Å². The first-order chi connectivity index (χ1) is 11.2. The SMILES string of the molecule is Cc1ccc(C(=O)NC[C@H]([C@@H]2CCOC2)N2CCOCC2)cn1. The van der Waals surface area contributed by atoms with Crippen LogP contribution in [-0.2, 0) is 9.47 Å². The third kappa shape index (κ3) is 4.28. The van der Waals surface area contributed by atoms with Crippen molar-refractivity contribution in [1.29, 1.82) is 0 Å². The molecule has 126 valence electrons. The number of rotatable bonds is 5. The van der Waals surface area contributed by atoms with Gasteiger partial charge in [0.25, 0.3) is 5.91 Å². The predicted molar refractivity (Wildman–Crippen MR) is 86.4 cm³/mol. The molecule has 0 aliphatic carbocycles. The highest BCUT2D eigenvalue weighted by molar-refractivity contribution is 5.93. The van der Waals surface area contributed by atoms with Crippen molar-refractivity contribution >= 4 is 5.91 Å². The molecule has 2 fully saturated rings.